The zero-order chi connectivity index (χ0) is 12.3. The van der Waals surface area contributed by atoms with Gasteiger partial charge in [-0.3, -0.25) is 4.98 Å². The first kappa shape index (κ1) is 11.9. The molecule has 0 aliphatic heterocycles. The molecule has 1 heterocycles. The number of hydrogen-bond acceptors (Lipinski definition) is 4. The quantitative estimate of drug-likeness (QED) is 0.804. The van der Waals surface area contributed by atoms with Crippen LogP contribution in [-0.4, -0.2) is 13.4 Å². The Hall–Kier alpha value is -1.59. The summed E-state index contributed by atoms with van der Waals surface area (Å²) in [6.07, 6.45) is 2.86. The summed E-state index contributed by atoms with van der Waals surface area (Å²) in [6.45, 7) is 0. The fourth-order valence-corrected chi connectivity index (χ4v) is 2.22. The molecule has 0 fully saturated rings. The molecule has 0 saturated carbocycles. The van der Waals surface area contributed by atoms with E-state index >= 15 is 0 Å². The van der Waals surface area contributed by atoms with Gasteiger partial charge in [0.25, 0.3) is 0 Å². The van der Waals surface area contributed by atoms with Crippen molar-refractivity contribution in [3.05, 3.63) is 53.8 Å². The monoisotopic (exact) mass is 269 g/mol. The Labute approximate surface area is 104 Å². The molecular formula is C11H8ClNO3S. The highest BCUT2D eigenvalue weighted by Crippen LogP contribution is 2.19. The molecule has 0 bridgehead atoms. The number of hydrogen-bond donors (Lipinski definition) is 0. The SMILES string of the molecule is O=S(=O)(Oc1cccnc1)c1ccc(Cl)cc1. The second-order valence-electron chi connectivity index (χ2n) is 3.18. The van der Waals surface area contributed by atoms with Gasteiger partial charge in [0.05, 0.1) is 6.20 Å². The summed E-state index contributed by atoms with van der Waals surface area (Å²) in [5.41, 5.74) is 0. The largest absolute Gasteiger partial charge is 0.377 e. The first-order valence-corrected chi connectivity index (χ1v) is 6.47. The molecule has 0 aliphatic rings. The van der Waals surface area contributed by atoms with E-state index in [2.05, 4.69) is 4.98 Å². The normalized spacial score (nSPS) is 11.1. The van der Waals surface area contributed by atoms with E-state index in [9.17, 15) is 8.42 Å². The summed E-state index contributed by atoms with van der Waals surface area (Å²) >= 11 is 5.68. The van der Waals surface area contributed by atoms with Crippen LogP contribution in [0, 0.1) is 0 Å². The van der Waals surface area contributed by atoms with Crippen molar-refractivity contribution in [3.8, 4) is 5.75 Å². The third-order valence-corrected chi connectivity index (χ3v) is 3.46. The molecule has 1 aromatic heterocycles. The molecular weight excluding hydrogens is 262 g/mol. The van der Waals surface area contributed by atoms with E-state index in [4.69, 9.17) is 15.8 Å². The van der Waals surface area contributed by atoms with Crippen molar-refractivity contribution in [2.24, 2.45) is 0 Å². The van der Waals surface area contributed by atoms with Gasteiger partial charge in [-0.05, 0) is 36.4 Å². The second-order valence-corrected chi connectivity index (χ2v) is 5.16. The molecule has 88 valence electrons. The van der Waals surface area contributed by atoms with Crippen molar-refractivity contribution in [3.63, 3.8) is 0 Å². The standard InChI is InChI=1S/C11H8ClNO3S/c12-9-3-5-11(6-4-9)17(14,15)16-10-2-1-7-13-8-10/h1-8H. The summed E-state index contributed by atoms with van der Waals surface area (Å²) < 4.78 is 28.5. The summed E-state index contributed by atoms with van der Waals surface area (Å²) in [7, 11) is -3.83. The molecule has 0 aliphatic carbocycles. The molecule has 0 atom stereocenters. The third-order valence-electron chi connectivity index (χ3n) is 1.94. The van der Waals surface area contributed by atoms with Gasteiger partial charge in [-0.2, -0.15) is 8.42 Å². The highest BCUT2D eigenvalue weighted by molar-refractivity contribution is 7.87. The number of pyridine rings is 1. The van der Waals surface area contributed by atoms with E-state index in [-0.39, 0.29) is 10.6 Å². The minimum atomic E-state index is -3.83. The molecule has 1 aromatic carbocycles. The van der Waals surface area contributed by atoms with Crippen LogP contribution in [0.25, 0.3) is 0 Å². The topological polar surface area (TPSA) is 56.3 Å². The number of halogens is 1. The predicted octanol–water partition coefficient (Wildman–Crippen LogP) is 2.50. The molecule has 0 saturated heterocycles. The van der Waals surface area contributed by atoms with Crippen molar-refractivity contribution < 1.29 is 12.6 Å². The van der Waals surface area contributed by atoms with Crippen molar-refractivity contribution in [2.75, 3.05) is 0 Å². The van der Waals surface area contributed by atoms with Crippen LogP contribution in [0.5, 0.6) is 5.75 Å². The molecule has 4 nitrogen and oxygen atoms in total. The highest BCUT2D eigenvalue weighted by Gasteiger charge is 2.16. The lowest BCUT2D eigenvalue weighted by atomic mass is 10.4. The van der Waals surface area contributed by atoms with Gasteiger partial charge in [0, 0.05) is 11.2 Å². The maximum Gasteiger partial charge on any atom is 0.339 e. The molecule has 2 aromatic rings. The summed E-state index contributed by atoms with van der Waals surface area (Å²) in [5.74, 6) is 0.169. The molecule has 6 heteroatoms. The Morgan fingerprint density at radius 3 is 2.41 bits per heavy atom. The van der Waals surface area contributed by atoms with Crippen LogP contribution in [0.3, 0.4) is 0 Å². The van der Waals surface area contributed by atoms with Gasteiger partial charge >= 0.3 is 10.1 Å². The molecule has 17 heavy (non-hydrogen) atoms. The summed E-state index contributed by atoms with van der Waals surface area (Å²) in [4.78, 5) is 3.81. The Kier molecular flexibility index (Phi) is 3.31. The third kappa shape index (κ3) is 2.95. The van der Waals surface area contributed by atoms with Gasteiger partial charge in [-0.15, -0.1) is 0 Å². The van der Waals surface area contributed by atoms with Gasteiger partial charge in [0.15, 0.2) is 5.75 Å². The maximum atomic E-state index is 11.8. The number of aromatic nitrogens is 1. The van der Waals surface area contributed by atoms with Gasteiger partial charge in [-0.25, -0.2) is 0 Å². The lowest BCUT2D eigenvalue weighted by Crippen LogP contribution is -2.09. The molecule has 2 rings (SSSR count). The van der Waals surface area contributed by atoms with Crippen molar-refractivity contribution in [1.29, 1.82) is 0 Å². The zero-order valence-corrected chi connectivity index (χ0v) is 10.1. The second kappa shape index (κ2) is 4.73. The smallest absolute Gasteiger partial charge is 0.339 e. The van der Waals surface area contributed by atoms with Crippen molar-refractivity contribution >= 4 is 21.7 Å². The van der Waals surface area contributed by atoms with Crippen molar-refractivity contribution in [2.45, 2.75) is 4.90 Å². The molecule has 0 amide bonds. The van der Waals surface area contributed by atoms with Crippen LogP contribution in [0.2, 0.25) is 5.02 Å². The Morgan fingerprint density at radius 2 is 1.82 bits per heavy atom. The Balaban J connectivity index is 2.29. The highest BCUT2D eigenvalue weighted by atomic mass is 35.5. The van der Waals surface area contributed by atoms with E-state index in [1.165, 1.54) is 42.7 Å². The van der Waals surface area contributed by atoms with Gasteiger partial charge < -0.3 is 4.18 Å². The van der Waals surface area contributed by atoms with E-state index in [1.807, 2.05) is 0 Å². The molecule has 0 radical (unpaired) electrons. The first-order chi connectivity index (χ1) is 8.08. The number of rotatable bonds is 3. The lowest BCUT2D eigenvalue weighted by molar-refractivity contribution is 0.485. The predicted molar refractivity (Wildman–Crippen MR) is 63.5 cm³/mol. The van der Waals surface area contributed by atoms with E-state index in [1.54, 1.807) is 6.07 Å². The molecule has 0 N–H and O–H groups in total. The molecule has 0 unspecified atom stereocenters. The number of benzene rings is 1. The summed E-state index contributed by atoms with van der Waals surface area (Å²) in [5, 5.41) is 0.463. The van der Waals surface area contributed by atoms with Crippen LogP contribution in [0.15, 0.2) is 53.7 Å². The van der Waals surface area contributed by atoms with Crippen LogP contribution in [-0.2, 0) is 10.1 Å². The molecule has 0 spiro atoms. The average Bonchev–Trinajstić information content (AvgIpc) is 2.30. The van der Waals surface area contributed by atoms with Gasteiger partial charge in [0.1, 0.15) is 4.90 Å². The zero-order valence-electron chi connectivity index (χ0n) is 8.58. The Morgan fingerprint density at radius 1 is 1.12 bits per heavy atom. The Bertz CT molecular complexity index is 596. The van der Waals surface area contributed by atoms with E-state index in [0.717, 1.165) is 0 Å². The first-order valence-electron chi connectivity index (χ1n) is 4.68. The number of nitrogens with zero attached hydrogens (tertiary/aromatic N) is 1. The minimum Gasteiger partial charge on any atom is -0.377 e. The van der Waals surface area contributed by atoms with Crippen LogP contribution in [0.1, 0.15) is 0 Å². The maximum absolute atomic E-state index is 11.8. The van der Waals surface area contributed by atoms with Crippen LogP contribution >= 0.6 is 11.6 Å². The van der Waals surface area contributed by atoms with Crippen LogP contribution in [0.4, 0.5) is 0 Å². The van der Waals surface area contributed by atoms with E-state index in [0.29, 0.717) is 5.02 Å². The van der Waals surface area contributed by atoms with Crippen LogP contribution < -0.4 is 4.18 Å². The fourth-order valence-electron chi connectivity index (χ4n) is 1.17. The van der Waals surface area contributed by atoms with E-state index < -0.39 is 10.1 Å². The lowest BCUT2D eigenvalue weighted by Gasteiger charge is -2.06. The van der Waals surface area contributed by atoms with Crippen molar-refractivity contribution in [1.82, 2.24) is 4.98 Å². The fraction of sp³-hybridized carbons (Fsp3) is 0. The summed E-state index contributed by atoms with van der Waals surface area (Å²) in [6, 6.07) is 8.84. The van der Waals surface area contributed by atoms with Gasteiger partial charge in [-0.1, -0.05) is 11.6 Å². The minimum absolute atomic E-state index is 0.0470. The van der Waals surface area contributed by atoms with Gasteiger partial charge in [0.2, 0.25) is 0 Å². The average molecular weight is 270 g/mol.